The van der Waals surface area contributed by atoms with Gasteiger partial charge in [0.05, 0.1) is 5.54 Å². The molecule has 0 amide bonds. The molecule has 0 unspecified atom stereocenters. The van der Waals surface area contributed by atoms with Crippen LogP contribution in [0.3, 0.4) is 0 Å². The van der Waals surface area contributed by atoms with Gasteiger partial charge in [0.1, 0.15) is 0 Å². The summed E-state index contributed by atoms with van der Waals surface area (Å²) < 4.78 is 0. The van der Waals surface area contributed by atoms with Crippen LogP contribution in [0.1, 0.15) is 19.4 Å². The lowest BCUT2D eigenvalue weighted by Crippen LogP contribution is -2.42. The Kier molecular flexibility index (Phi) is 3.05. The zero-order valence-corrected chi connectivity index (χ0v) is 10.5. The zero-order chi connectivity index (χ0) is 13.3. The SMILES string of the molecule is CC(C)(N)C(=O)Cc1ccc2c(=O)[nH]ccc2c1. The van der Waals surface area contributed by atoms with Crippen molar-refractivity contribution in [2.24, 2.45) is 5.73 Å². The van der Waals surface area contributed by atoms with Gasteiger partial charge in [-0.3, -0.25) is 9.59 Å². The number of nitrogens with one attached hydrogen (secondary N) is 1. The molecule has 4 heteroatoms. The highest BCUT2D eigenvalue weighted by Gasteiger charge is 2.21. The predicted molar refractivity (Wildman–Crippen MR) is 71.5 cm³/mol. The highest BCUT2D eigenvalue weighted by Crippen LogP contribution is 2.14. The van der Waals surface area contributed by atoms with E-state index in [9.17, 15) is 9.59 Å². The maximum atomic E-state index is 11.8. The van der Waals surface area contributed by atoms with Crippen molar-refractivity contribution in [1.82, 2.24) is 4.98 Å². The molecule has 3 N–H and O–H groups in total. The third-order valence-electron chi connectivity index (χ3n) is 2.92. The minimum Gasteiger partial charge on any atom is -0.329 e. The van der Waals surface area contributed by atoms with E-state index in [2.05, 4.69) is 4.98 Å². The molecule has 4 nitrogen and oxygen atoms in total. The zero-order valence-electron chi connectivity index (χ0n) is 10.5. The summed E-state index contributed by atoms with van der Waals surface area (Å²) in [5.74, 6) is -0.0216. The van der Waals surface area contributed by atoms with Crippen molar-refractivity contribution < 1.29 is 4.79 Å². The Bertz CT molecular complexity index is 651. The Labute approximate surface area is 105 Å². The number of Topliss-reactive ketones (excluding diaryl/α,β-unsaturated/α-hetero) is 1. The number of aromatic amines is 1. The summed E-state index contributed by atoms with van der Waals surface area (Å²) in [5, 5.41) is 1.46. The topological polar surface area (TPSA) is 76.0 Å². The number of pyridine rings is 1. The minimum atomic E-state index is -0.830. The van der Waals surface area contributed by atoms with Crippen LogP contribution in [0, 0.1) is 0 Å². The van der Waals surface area contributed by atoms with E-state index < -0.39 is 5.54 Å². The van der Waals surface area contributed by atoms with Gasteiger partial charge in [-0.25, -0.2) is 0 Å². The maximum absolute atomic E-state index is 11.8. The molecular formula is C14H16N2O2. The van der Waals surface area contributed by atoms with E-state index >= 15 is 0 Å². The molecule has 2 aromatic rings. The average molecular weight is 244 g/mol. The quantitative estimate of drug-likeness (QED) is 0.856. The van der Waals surface area contributed by atoms with Crippen LogP contribution in [0.4, 0.5) is 0 Å². The van der Waals surface area contributed by atoms with E-state index in [4.69, 9.17) is 5.73 Å². The minimum absolute atomic E-state index is 0.0216. The smallest absolute Gasteiger partial charge is 0.255 e. The molecule has 1 aromatic carbocycles. The summed E-state index contributed by atoms with van der Waals surface area (Å²) in [6.45, 7) is 3.39. The summed E-state index contributed by atoms with van der Waals surface area (Å²) >= 11 is 0. The van der Waals surface area contributed by atoms with Crippen LogP contribution in [-0.4, -0.2) is 16.3 Å². The molecule has 0 aliphatic rings. The Hall–Kier alpha value is -1.94. The van der Waals surface area contributed by atoms with Gasteiger partial charge in [-0.15, -0.1) is 0 Å². The molecule has 0 bridgehead atoms. The molecule has 0 spiro atoms. The molecule has 0 fully saturated rings. The standard InChI is InChI=1S/C14H16N2O2/c1-14(2,15)12(17)8-9-3-4-11-10(7-9)5-6-16-13(11)18/h3-7H,8,15H2,1-2H3,(H,16,18). The third kappa shape index (κ3) is 2.49. The fourth-order valence-corrected chi connectivity index (χ4v) is 1.76. The van der Waals surface area contributed by atoms with Gasteiger partial charge in [0.15, 0.2) is 5.78 Å². The second-order valence-electron chi connectivity index (χ2n) is 5.05. The van der Waals surface area contributed by atoms with Crippen LogP contribution in [0.15, 0.2) is 35.3 Å². The molecular weight excluding hydrogens is 228 g/mol. The van der Waals surface area contributed by atoms with E-state index in [1.165, 1.54) is 0 Å². The highest BCUT2D eigenvalue weighted by atomic mass is 16.1. The van der Waals surface area contributed by atoms with Crippen molar-refractivity contribution in [3.8, 4) is 0 Å². The van der Waals surface area contributed by atoms with E-state index in [1.54, 1.807) is 32.2 Å². The predicted octanol–water partition coefficient (Wildman–Crippen LogP) is 1.38. The molecule has 0 aliphatic carbocycles. The van der Waals surface area contributed by atoms with Crippen molar-refractivity contribution in [3.05, 3.63) is 46.4 Å². The molecule has 1 heterocycles. The number of nitrogens with two attached hydrogens (primary N) is 1. The van der Waals surface area contributed by atoms with Gasteiger partial charge in [-0.05, 0) is 36.9 Å². The number of aromatic nitrogens is 1. The van der Waals surface area contributed by atoms with Crippen LogP contribution >= 0.6 is 0 Å². The molecule has 2 rings (SSSR count). The van der Waals surface area contributed by atoms with Gasteiger partial charge >= 0.3 is 0 Å². The first-order valence-corrected chi connectivity index (χ1v) is 5.80. The number of rotatable bonds is 3. The van der Waals surface area contributed by atoms with Crippen molar-refractivity contribution in [2.75, 3.05) is 0 Å². The second kappa shape index (κ2) is 4.38. The lowest BCUT2D eigenvalue weighted by molar-refractivity contribution is -0.122. The van der Waals surface area contributed by atoms with Crippen LogP contribution in [0.25, 0.3) is 10.8 Å². The number of hydrogen-bond donors (Lipinski definition) is 2. The molecule has 0 aliphatic heterocycles. The van der Waals surface area contributed by atoms with Gasteiger partial charge in [-0.1, -0.05) is 12.1 Å². The van der Waals surface area contributed by atoms with E-state index in [-0.39, 0.29) is 17.8 Å². The van der Waals surface area contributed by atoms with Crippen LogP contribution in [0.5, 0.6) is 0 Å². The molecule has 0 saturated heterocycles. The van der Waals surface area contributed by atoms with Gasteiger partial charge in [0.2, 0.25) is 0 Å². The number of fused-ring (bicyclic) bond motifs is 1. The third-order valence-corrected chi connectivity index (χ3v) is 2.92. The number of carbonyl (C=O) groups is 1. The Morgan fingerprint density at radius 2 is 2.06 bits per heavy atom. The summed E-state index contributed by atoms with van der Waals surface area (Å²) in [6, 6.07) is 7.20. The first-order chi connectivity index (χ1) is 8.38. The van der Waals surface area contributed by atoms with E-state index in [0.717, 1.165) is 10.9 Å². The number of carbonyl (C=O) groups excluding carboxylic acids is 1. The lowest BCUT2D eigenvalue weighted by Gasteiger charge is -2.16. The number of H-pyrrole nitrogens is 1. The molecule has 0 saturated carbocycles. The lowest BCUT2D eigenvalue weighted by atomic mass is 9.94. The molecule has 94 valence electrons. The van der Waals surface area contributed by atoms with Gasteiger partial charge in [0, 0.05) is 18.0 Å². The Morgan fingerprint density at radius 1 is 1.33 bits per heavy atom. The number of ketones is 1. The van der Waals surface area contributed by atoms with E-state index in [1.807, 2.05) is 12.1 Å². The fourth-order valence-electron chi connectivity index (χ4n) is 1.76. The average Bonchev–Trinajstić information content (AvgIpc) is 2.28. The largest absolute Gasteiger partial charge is 0.329 e. The molecule has 0 atom stereocenters. The maximum Gasteiger partial charge on any atom is 0.255 e. The van der Waals surface area contributed by atoms with Gasteiger partial charge < -0.3 is 10.7 Å². The van der Waals surface area contributed by atoms with Crippen LogP contribution in [-0.2, 0) is 11.2 Å². The number of hydrogen-bond acceptors (Lipinski definition) is 3. The Morgan fingerprint density at radius 3 is 2.72 bits per heavy atom. The summed E-state index contributed by atoms with van der Waals surface area (Å²) in [7, 11) is 0. The normalized spacial score (nSPS) is 11.7. The van der Waals surface area contributed by atoms with E-state index in [0.29, 0.717) is 5.39 Å². The summed E-state index contributed by atoms with van der Waals surface area (Å²) in [6.07, 6.45) is 1.88. The van der Waals surface area contributed by atoms with Gasteiger partial charge in [0.25, 0.3) is 5.56 Å². The molecule has 1 aromatic heterocycles. The molecule has 18 heavy (non-hydrogen) atoms. The first kappa shape index (κ1) is 12.5. The second-order valence-corrected chi connectivity index (χ2v) is 5.05. The first-order valence-electron chi connectivity index (χ1n) is 5.80. The number of benzene rings is 1. The Balaban J connectivity index is 2.37. The fraction of sp³-hybridized carbons (Fsp3) is 0.286. The monoisotopic (exact) mass is 244 g/mol. The highest BCUT2D eigenvalue weighted by molar-refractivity contribution is 5.90. The molecule has 0 radical (unpaired) electrons. The van der Waals surface area contributed by atoms with Crippen LogP contribution in [0.2, 0.25) is 0 Å². The van der Waals surface area contributed by atoms with Crippen molar-refractivity contribution in [2.45, 2.75) is 25.8 Å². The summed E-state index contributed by atoms with van der Waals surface area (Å²) in [5.41, 5.74) is 5.68. The van der Waals surface area contributed by atoms with Crippen molar-refractivity contribution in [1.29, 1.82) is 0 Å². The summed E-state index contributed by atoms with van der Waals surface area (Å²) in [4.78, 5) is 26.0. The van der Waals surface area contributed by atoms with Crippen LogP contribution < -0.4 is 11.3 Å². The van der Waals surface area contributed by atoms with Gasteiger partial charge in [-0.2, -0.15) is 0 Å². The van der Waals surface area contributed by atoms with Crippen molar-refractivity contribution >= 4 is 16.6 Å². The van der Waals surface area contributed by atoms with Crippen molar-refractivity contribution in [3.63, 3.8) is 0 Å².